The highest BCUT2D eigenvalue weighted by atomic mass is 16.5. The van der Waals surface area contributed by atoms with Gasteiger partial charge in [-0.15, -0.1) is 0 Å². The van der Waals surface area contributed by atoms with Crippen LogP contribution >= 0.6 is 0 Å². The average molecular weight is 270 g/mol. The van der Waals surface area contributed by atoms with Gasteiger partial charge in [-0.2, -0.15) is 0 Å². The Hall–Kier alpha value is -2.23. The molecule has 0 amide bonds. The fourth-order valence-electron chi connectivity index (χ4n) is 2.40. The van der Waals surface area contributed by atoms with E-state index in [0.717, 1.165) is 18.8 Å². The lowest BCUT2D eigenvalue weighted by Crippen LogP contribution is -2.17. The molecule has 0 saturated carbocycles. The third kappa shape index (κ3) is 2.85. The first-order valence-electron chi connectivity index (χ1n) is 6.88. The number of hydrogen-bond acceptors (Lipinski definition) is 4. The molecule has 1 aliphatic heterocycles. The summed E-state index contributed by atoms with van der Waals surface area (Å²) in [6.07, 6.45) is 4.21. The van der Waals surface area contributed by atoms with E-state index in [4.69, 9.17) is 9.47 Å². The number of aromatic nitrogens is 1. The minimum absolute atomic E-state index is 0.586. The van der Waals surface area contributed by atoms with Crippen LogP contribution in [0.3, 0.4) is 0 Å². The zero-order valence-electron chi connectivity index (χ0n) is 11.6. The first-order valence-corrected chi connectivity index (χ1v) is 6.88. The van der Waals surface area contributed by atoms with Crippen LogP contribution in [0.4, 0.5) is 5.69 Å². The van der Waals surface area contributed by atoms with Crippen LogP contribution in [0.2, 0.25) is 0 Å². The van der Waals surface area contributed by atoms with Gasteiger partial charge in [-0.1, -0.05) is 6.07 Å². The van der Waals surface area contributed by atoms with E-state index in [1.165, 1.54) is 18.5 Å². The quantitative estimate of drug-likeness (QED) is 0.852. The molecule has 0 atom stereocenters. The van der Waals surface area contributed by atoms with Crippen molar-refractivity contribution in [1.29, 1.82) is 0 Å². The maximum Gasteiger partial charge on any atom is 0.213 e. The van der Waals surface area contributed by atoms with Crippen LogP contribution in [0.1, 0.15) is 12.8 Å². The molecule has 1 aromatic carbocycles. The lowest BCUT2D eigenvalue weighted by Gasteiger charge is -2.18. The molecule has 1 saturated heterocycles. The molecule has 0 N–H and O–H groups in total. The van der Waals surface area contributed by atoms with Gasteiger partial charge in [0.05, 0.1) is 13.3 Å². The summed E-state index contributed by atoms with van der Waals surface area (Å²) in [5.41, 5.74) is 1.22. The van der Waals surface area contributed by atoms with E-state index >= 15 is 0 Å². The monoisotopic (exact) mass is 270 g/mol. The lowest BCUT2D eigenvalue weighted by atomic mass is 10.3. The van der Waals surface area contributed by atoms with Crippen LogP contribution in [0.5, 0.6) is 17.4 Å². The molecule has 1 fully saturated rings. The van der Waals surface area contributed by atoms with Crippen molar-refractivity contribution in [3.63, 3.8) is 0 Å². The SMILES string of the molecule is COc1ccc(Oc2cccc(N3CCCC3)c2)cn1. The molecule has 2 aromatic rings. The second-order valence-corrected chi connectivity index (χ2v) is 4.83. The molecular formula is C16H18N2O2. The van der Waals surface area contributed by atoms with Crippen LogP contribution in [-0.4, -0.2) is 25.2 Å². The van der Waals surface area contributed by atoms with Crippen molar-refractivity contribution in [1.82, 2.24) is 4.98 Å². The Bertz CT molecular complexity index is 563. The minimum atomic E-state index is 0.586. The highest BCUT2D eigenvalue weighted by Crippen LogP contribution is 2.28. The Balaban J connectivity index is 1.74. The van der Waals surface area contributed by atoms with Crippen molar-refractivity contribution in [3.05, 3.63) is 42.6 Å². The maximum absolute atomic E-state index is 5.83. The summed E-state index contributed by atoms with van der Waals surface area (Å²) in [6.45, 7) is 2.26. The van der Waals surface area contributed by atoms with Crippen LogP contribution in [0.25, 0.3) is 0 Å². The third-order valence-electron chi connectivity index (χ3n) is 3.44. The van der Waals surface area contributed by atoms with E-state index in [-0.39, 0.29) is 0 Å². The van der Waals surface area contributed by atoms with Gasteiger partial charge in [0.2, 0.25) is 5.88 Å². The Morgan fingerprint density at radius 2 is 1.90 bits per heavy atom. The zero-order chi connectivity index (χ0) is 13.8. The smallest absolute Gasteiger partial charge is 0.213 e. The average Bonchev–Trinajstić information content (AvgIpc) is 3.03. The van der Waals surface area contributed by atoms with Gasteiger partial charge in [0.1, 0.15) is 11.5 Å². The minimum Gasteiger partial charge on any atom is -0.481 e. The Morgan fingerprint density at radius 3 is 2.60 bits per heavy atom. The normalized spacial score (nSPS) is 14.3. The molecule has 0 unspecified atom stereocenters. The number of benzene rings is 1. The molecule has 0 radical (unpaired) electrons. The van der Waals surface area contributed by atoms with Crippen molar-refractivity contribution in [3.8, 4) is 17.4 Å². The van der Waals surface area contributed by atoms with Gasteiger partial charge >= 0.3 is 0 Å². The summed E-state index contributed by atoms with van der Waals surface area (Å²) in [5.74, 6) is 2.13. The van der Waals surface area contributed by atoms with E-state index < -0.39 is 0 Å². The summed E-state index contributed by atoms with van der Waals surface area (Å²) < 4.78 is 10.9. The second-order valence-electron chi connectivity index (χ2n) is 4.83. The summed E-state index contributed by atoms with van der Waals surface area (Å²) in [4.78, 5) is 6.52. The molecule has 0 spiro atoms. The van der Waals surface area contributed by atoms with Crippen LogP contribution in [0, 0.1) is 0 Å². The van der Waals surface area contributed by atoms with Gasteiger partial charge in [0.25, 0.3) is 0 Å². The van der Waals surface area contributed by atoms with Crippen LogP contribution < -0.4 is 14.4 Å². The van der Waals surface area contributed by atoms with Crippen molar-refractivity contribution >= 4 is 5.69 Å². The number of anilines is 1. The zero-order valence-corrected chi connectivity index (χ0v) is 11.6. The van der Waals surface area contributed by atoms with Gasteiger partial charge in [0, 0.05) is 30.9 Å². The number of pyridine rings is 1. The molecule has 4 heteroatoms. The molecule has 0 aliphatic carbocycles. The highest BCUT2D eigenvalue weighted by molar-refractivity contribution is 5.52. The fourth-order valence-corrected chi connectivity index (χ4v) is 2.40. The van der Waals surface area contributed by atoms with Gasteiger partial charge in [-0.3, -0.25) is 0 Å². The Morgan fingerprint density at radius 1 is 1.05 bits per heavy atom. The second kappa shape index (κ2) is 5.82. The predicted molar refractivity (Wildman–Crippen MR) is 78.8 cm³/mol. The number of rotatable bonds is 4. The Labute approximate surface area is 119 Å². The predicted octanol–water partition coefficient (Wildman–Crippen LogP) is 3.48. The summed E-state index contributed by atoms with van der Waals surface area (Å²) in [5, 5.41) is 0. The largest absolute Gasteiger partial charge is 0.481 e. The number of hydrogen-bond donors (Lipinski definition) is 0. The summed E-state index contributed by atoms with van der Waals surface area (Å²) in [7, 11) is 1.60. The van der Waals surface area contributed by atoms with Crippen LogP contribution in [0.15, 0.2) is 42.6 Å². The van der Waals surface area contributed by atoms with Gasteiger partial charge < -0.3 is 14.4 Å². The molecular weight excluding hydrogens is 252 g/mol. The van der Waals surface area contributed by atoms with E-state index in [1.807, 2.05) is 18.2 Å². The van der Waals surface area contributed by atoms with E-state index in [2.05, 4.69) is 22.0 Å². The first kappa shape index (κ1) is 12.8. The van der Waals surface area contributed by atoms with Crippen molar-refractivity contribution in [2.45, 2.75) is 12.8 Å². The highest BCUT2D eigenvalue weighted by Gasteiger charge is 2.12. The first-order chi connectivity index (χ1) is 9.85. The maximum atomic E-state index is 5.83. The van der Waals surface area contributed by atoms with E-state index in [1.54, 1.807) is 19.4 Å². The van der Waals surface area contributed by atoms with Gasteiger partial charge in [-0.25, -0.2) is 4.98 Å². The molecule has 1 aromatic heterocycles. The summed E-state index contributed by atoms with van der Waals surface area (Å²) in [6, 6.07) is 11.8. The van der Waals surface area contributed by atoms with Crippen molar-refractivity contribution in [2.75, 3.05) is 25.1 Å². The van der Waals surface area contributed by atoms with Gasteiger partial charge in [0.15, 0.2) is 0 Å². The topological polar surface area (TPSA) is 34.6 Å². The molecule has 3 rings (SSSR count). The number of nitrogens with zero attached hydrogens (tertiary/aromatic N) is 2. The van der Waals surface area contributed by atoms with E-state index in [0.29, 0.717) is 11.6 Å². The molecule has 104 valence electrons. The molecule has 4 nitrogen and oxygen atoms in total. The Kier molecular flexibility index (Phi) is 3.72. The third-order valence-corrected chi connectivity index (χ3v) is 3.44. The molecule has 2 heterocycles. The van der Waals surface area contributed by atoms with Crippen LogP contribution in [-0.2, 0) is 0 Å². The molecule has 0 bridgehead atoms. The lowest BCUT2D eigenvalue weighted by molar-refractivity contribution is 0.395. The van der Waals surface area contributed by atoms with Crippen molar-refractivity contribution < 1.29 is 9.47 Å². The molecule has 1 aliphatic rings. The van der Waals surface area contributed by atoms with E-state index in [9.17, 15) is 0 Å². The van der Waals surface area contributed by atoms with Crippen molar-refractivity contribution in [2.24, 2.45) is 0 Å². The number of ether oxygens (including phenoxy) is 2. The summed E-state index contributed by atoms with van der Waals surface area (Å²) >= 11 is 0. The number of methoxy groups -OCH3 is 1. The van der Waals surface area contributed by atoms with Gasteiger partial charge in [-0.05, 0) is 31.0 Å². The molecule has 20 heavy (non-hydrogen) atoms. The standard InChI is InChI=1S/C16H18N2O2/c1-19-16-8-7-15(12-17-16)20-14-6-4-5-13(11-14)18-9-2-3-10-18/h4-8,11-12H,2-3,9-10H2,1H3. The fraction of sp³-hybridized carbons (Fsp3) is 0.312.